The molecule has 106 valence electrons. The molecule has 0 radical (unpaired) electrons. The summed E-state index contributed by atoms with van der Waals surface area (Å²) in [5.41, 5.74) is 0.983. The lowest BCUT2D eigenvalue weighted by atomic mass is 9.84. The molecule has 0 atom stereocenters. The summed E-state index contributed by atoms with van der Waals surface area (Å²) in [7, 11) is 0. The van der Waals surface area contributed by atoms with Gasteiger partial charge < -0.3 is 5.32 Å². The Bertz CT molecular complexity index is 578. The van der Waals surface area contributed by atoms with Gasteiger partial charge in [-0.15, -0.1) is 11.3 Å². The Morgan fingerprint density at radius 1 is 1.30 bits per heavy atom. The number of benzene rings is 1. The SMILES string of the molecule is CC(C)(CNC(=O)Cc1cccs1)c1cccc(Cl)c1. The largest absolute Gasteiger partial charge is 0.355 e. The Hall–Kier alpha value is -1.32. The van der Waals surface area contributed by atoms with Crippen LogP contribution in [0.2, 0.25) is 5.02 Å². The molecule has 0 bridgehead atoms. The van der Waals surface area contributed by atoms with Crippen LogP contribution in [0.4, 0.5) is 0 Å². The van der Waals surface area contributed by atoms with Gasteiger partial charge in [0.15, 0.2) is 0 Å². The first-order valence-electron chi connectivity index (χ1n) is 6.52. The first-order valence-corrected chi connectivity index (χ1v) is 7.78. The maximum absolute atomic E-state index is 11.9. The lowest BCUT2D eigenvalue weighted by molar-refractivity contribution is -0.120. The van der Waals surface area contributed by atoms with Crippen molar-refractivity contribution in [1.82, 2.24) is 5.32 Å². The van der Waals surface area contributed by atoms with E-state index in [1.165, 1.54) is 0 Å². The van der Waals surface area contributed by atoms with Gasteiger partial charge in [0, 0.05) is 21.9 Å². The number of nitrogens with one attached hydrogen (secondary N) is 1. The van der Waals surface area contributed by atoms with Crippen molar-refractivity contribution in [2.45, 2.75) is 25.7 Å². The molecule has 4 heteroatoms. The summed E-state index contributed by atoms with van der Waals surface area (Å²) < 4.78 is 0. The van der Waals surface area contributed by atoms with Crippen molar-refractivity contribution in [3.8, 4) is 0 Å². The molecule has 2 nitrogen and oxygen atoms in total. The van der Waals surface area contributed by atoms with Crippen molar-refractivity contribution < 1.29 is 4.79 Å². The van der Waals surface area contributed by atoms with E-state index in [1.54, 1.807) is 11.3 Å². The summed E-state index contributed by atoms with van der Waals surface area (Å²) in [4.78, 5) is 13.0. The van der Waals surface area contributed by atoms with E-state index in [0.717, 1.165) is 15.5 Å². The van der Waals surface area contributed by atoms with E-state index >= 15 is 0 Å². The minimum atomic E-state index is -0.143. The summed E-state index contributed by atoms with van der Waals surface area (Å²) in [6, 6.07) is 11.7. The molecule has 0 saturated heterocycles. The van der Waals surface area contributed by atoms with Gasteiger partial charge in [-0.05, 0) is 29.1 Å². The van der Waals surface area contributed by atoms with E-state index in [2.05, 4.69) is 19.2 Å². The summed E-state index contributed by atoms with van der Waals surface area (Å²) in [6.07, 6.45) is 0.448. The number of halogens is 1. The van der Waals surface area contributed by atoms with E-state index in [1.807, 2.05) is 41.8 Å². The zero-order valence-electron chi connectivity index (χ0n) is 11.7. The molecule has 0 saturated carbocycles. The Morgan fingerprint density at radius 3 is 2.75 bits per heavy atom. The standard InChI is InChI=1S/C16H18ClNOS/c1-16(2,12-5-3-6-13(17)9-12)11-18-15(19)10-14-7-4-8-20-14/h3-9H,10-11H2,1-2H3,(H,18,19). The maximum atomic E-state index is 11.9. The minimum Gasteiger partial charge on any atom is -0.355 e. The molecular formula is C16H18ClNOS. The van der Waals surface area contributed by atoms with Gasteiger partial charge in [-0.3, -0.25) is 4.79 Å². The molecule has 0 aliphatic rings. The van der Waals surface area contributed by atoms with Crippen LogP contribution in [0.15, 0.2) is 41.8 Å². The maximum Gasteiger partial charge on any atom is 0.225 e. The molecule has 20 heavy (non-hydrogen) atoms. The minimum absolute atomic E-state index is 0.0579. The highest BCUT2D eigenvalue weighted by Gasteiger charge is 2.21. The number of thiophene rings is 1. The first kappa shape index (κ1) is 15.1. The Kier molecular flexibility index (Phi) is 4.84. The molecule has 2 aromatic rings. The van der Waals surface area contributed by atoms with Gasteiger partial charge >= 0.3 is 0 Å². The number of amides is 1. The van der Waals surface area contributed by atoms with E-state index in [-0.39, 0.29) is 11.3 Å². The van der Waals surface area contributed by atoms with Crippen molar-refractivity contribution in [3.05, 3.63) is 57.2 Å². The predicted molar refractivity (Wildman–Crippen MR) is 85.5 cm³/mol. The fraction of sp³-hybridized carbons (Fsp3) is 0.312. The average molecular weight is 308 g/mol. The molecule has 2 rings (SSSR count). The third-order valence-corrected chi connectivity index (χ3v) is 4.36. The Morgan fingerprint density at radius 2 is 2.10 bits per heavy atom. The fourth-order valence-corrected chi connectivity index (χ4v) is 2.86. The van der Waals surface area contributed by atoms with E-state index in [0.29, 0.717) is 13.0 Å². The van der Waals surface area contributed by atoms with Crippen molar-refractivity contribution in [3.63, 3.8) is 0 Å². The molecule has 0 fully saturated rings. The molecule has 1 heterocycles. The molecule has 1 N–H and O–H groups in total. The number of carbonyl (C=O) groups is 1. The van der Waals surface area contributed by atoms with Gasteiger partial charge in [0.1, 0.15) is 0 Å². The molecular weight excluding hydrogens is 290 g/mol. The zero-order valence-corrected chi connectivity index (χ0v) is 13.2. The van der Waals surface area contributed by atoms with Crippen LogP contribution in [0.25, 0.3) is 0 Å². The highest BCUT2D eigenvalue weighted by Crippen LogP contribution is 2.24. The van der Waals surface area contributed by atoms with Gasteiger partial charge in [-0.2, -0.15) is 0 Å². The summed E-state index contributed by atoms with van der Waals surface area (Å²) in [5, 5.41) is 5.71. The number of carbonyl (C=O) groups excluding carboxylic acids is 1. The van der Waals surface area contributed by atoms with Crippen molar-refractivity contribution >= 4 is 28.8 Å². The second kappa shape index (κ2) is 6.42. The molecule has 1 amide bonds. The van der Waals surface area contributed by atoms with Crippen molar-refractivity contribution in [2.24, 2.45) is 0 Å². The van der Waals surface area contributed by atoms with Crippen LogP contribution in [0.5, 0.6) is 0 Å². The second-order valence-electron chi connectivity index (χ2n) is 5.43. The van der Waals surface area contributed by atoms with Crippen molar-refractivity contribution in [1.29, 1.82) is 0 Å². The molecule has 0 unspecified atom stereocenters. The third-order valence-electron chi connectivity index (χ3n) is 3.25. The van der Waals surface area contributed by atoms with Gasteiger partial charge in [0.05, 0.1) is 6.42 Å². The van der Waals surface area contributed by atoms with Crippen LogP contribution in [-0.2, 0) is 16.6 Å². The van der Waals surface area contributed by atoms with Gasteiger partial charge in [-0.1, -0.05) is 43.6 Å². The van der Waals surface area contributed by atoms with E-state index < -0.39 is 0 Å². The molecule has 0 spiro atoms. The quantitative estimate of drug-likeness (QED) is 0.887. The fourth-order valence-electron chi connectivity index (χ4n) is 1.96. The van der Waals surface area contributed by atoms with Gasteiger partial charge in [-0.25, -0.2) is 0 Å². The molecule has 1 aromatic carbocycles. The van der Waals surface area contributed by atoms with Crippen LogP contribution in [0.3, 0.4) is 0 Å². The van der Waals surface area contributed by atoms with Gasteiger partial charge in [0.2, 0.25) is 5.91 Å². The Labute approximate surface area is 128 Å². The normalized spacial score (nSPS) is 11.3. The lowest BCUT2D eigenvalue weighted by Gasteiger charge is -2.25. The van der Waals surface area contributed by atoms with E-state index in [4.69, 9.17) is 11.6 Å². The monoisotopic (exact) mass is 307 g/mol. The average Bonchev–Trinajstić information content (AvgIpc) is 2.89. The van der Waals surface area contributed by atoms with Crippen LogP contribution < -0.4 is 5.32 Å². The second-order valence-corrected chi connectivity index (χ2v) is 6.90. The smallest absolute Gasteiger partial charge is 0.225 e. The first-order chi connectivity index (χ1) is 9.47. The summed E-state index contributed by atoms with van der Waals surface area (Å²) >= 11 is 7.63. The lowest BCUT2D eigenvalue weighted by Crippen LogP contribution is -2.37. The molecule has 0 aliphatic heterocycles. The Balaban J connectivity index is 1.93. The van der Waals surface area contributed by atoms with Crippen LogP contribution >= 0.6 is 22.9 Å². The van der Waals surface area contributed by atoms with Crippen LogP contribution in [0.1, 0.15) is 24.3 Å². The number of rotatable bonds is 5. The highest BCUT2D eigenvalue weighted by molar-refractivity contribution is 7.10. The topological polar surface area (TPSA) is 29.1 Å². The molecule has 0 aliphatic carbocycles. The van der Waals surface area contributed by atoms with Crippen LogP contribution in [-0.4, -0.2) is 12.5 Å². The van der Waals surface area contributed by atoms with Crippen LogP contribution in [0, 0.1) is 0 Å². The number of hydrogen-bond acceptors (Lipinski definition) is 2. The van der Waals surface area contributed by atoms with Crippen molar-refractivity contribution in [2.75, 3.05) is 6.54 Å². The van der Waals surface area contributed by atoms with E-state index in [9.17, 15) is 4.79 Å². The highest BCUT2D eigenvalue weighted by atomic mass is 35.5. The summed E-state index contributed by atoms with van der Waals surface area (Å²) in [6.45, 7) is 4.80. The predicted octanol–water partition coefficient (Wildman–Crippen LogP) is 4.04. The third kappa shape index (κ3) is 4.09. The summed E-state index contributed by atoms with van der Waals surface area (Å²) in [5.74, 6) is 0.0579. The zero-order chi connectivity index (χ0) is 14.6. The number of hydrogen-bond donors (Lipinski definition) is 1. The van der Waals surface area contributed by atoms with Gasteiger partial charge in [0.25, 0.3) is 0 Å². The molecule has 1 aromatic heterocycles.